The lowest BCUT2D eigenvalue weighted by molar-refractivity contribution is 0.862. The molecule has 0 saturated carbocycles. The van der Waals surface area contributed by atoms with Crippen molar-refractivity contribution in [3.63, 3.8) is 0 Å². The van der Waals surface area contributed by atoms with Gasteiger partial charge in [0, 0.05) is 16.2 Å². The highest BCUT2D eigenvalue weighted by Crippen LogP contribution is 2.27. The van der Waals surface area contributed by atoms with Crippen LogP contribution in [-0.4, -0.2) is 9.97 Å². The average molecular weight is 283 g/mol. The van der Waals surface area contributed by atoms with Crippen molar-refractivity contribution in [3.8, 4) is 0 Å². The summed E-state index contributed by atoms with van der Waals surface area (Å²) in [6.07, 6.45) is 1.60. The maximum Gasteiger partial charge on any atom is 0.225 e. The number of nitrogens with one attached hydrogen (secondary N) is 1. The molecule has 0 aliphatic carbocycles. The molecule has 1 heterocycles. The number of nitrogens with two attached hydrogens (primary N) is 1. The third-order valence-electron chi connectivity index (χ3n) is 2.45. The Labute approximate surface area is 115 Å². The van der Waals surface area contributed by atoms with Crippen molar-refractivity contribution in [3.05, 3.63) is 46.1 Å². The zero-order chi connectivity index (χ0) is 13.1. The summed E-state index contributed by atoms with van der Waals surface area (Å²) in [6.45, 7) is 1.96. The van der Waals surface area contributed by atoms with Gasteiger partial charge in [-0.1, -0.05) is 29.3 Å². The Hall–Kier alpha value is -1.52. The molecular weight excluding hydrogens is 271 g/mol. The second kappa shape index (κ2) is 5.42. The van der Waals surface area contributed by atoms with Crippen LogP contribution in [0.1, 0.15) is 18.5 Å². The van der Waals surface area contributed by atoms with Gasteiger partial charge in [0.1, 0.15) is 5.82 Å². The van der Waals surface area contributed by atoms with Gasteiger partial charge in [-0.3, -0.25) is 0 Å². The monoisotopic (exact) mass is 282 g/mol. The van der Waals surface area contributed by atoms with Crippen molar-refractivity contribution in [1.82, 2.24) is 9.97 Å². The Bertz CT molecular complexity index is 560. The van der Waals surface area contributed by atoms with Gasteiger partial charge in [0.15, 0.2) is 0 Å². The SMILES string of the molecule is CC(Nc1nccc(N)n1)c1ccc(Cl)cc1Cl. The van der Waals surface area contributed by atoms with Crippen LogP contribution in [0.2, 0.25) is 10.0 Å². The van der Waals surface area contributed by atoms with E-state index in [1.807, 2.05) is 13.0 Å². The van der Waals surface area contributed by atoms with Crippen LogP contribution >= 0.6 is 23.2 Å². The van der Waals surface area contributed by atoms with E-state index in [0.717, 1.165) is 5.56 Å². The van der Waals surface area contributed by atoms with Gasteiger partial charge in [-0.15, -0.1) is 0 Å². The van der Waals surface area contributed by atoms with E-state index in [4.69, 9.17) is 28.9 Å². The van der Waals surface area contributed by atoms with Crippen LogP contribution in [0.5, 0.6) is 0 Å². The van der Waals surface area contributed by atoms with Gasteiger partial charge in [-0.2, -0.15) is 4.98 Å². The van der Waals surface area contributed by atoms with Gasteiger partial charge >= 0.3 is 0 Å². The minimum absolute atomic E-state index is 0.0448. The smallest absolute Gasteiger partial charge is 0.225 e. The number of hydrogen-bond donors (Lipinski definition) is 2. The van der Waals surface area contributed by atoms with Crippen LogP contribution in [0, 0.1) is 0 Å². The lowest BCUT2D eigenvalue weighted by atomic mass is 10.1. The number of rotatable bonds is 3. The van der Waals surface area contributed by atoms with Gasteiger partial charge in [0.25, 0.3) is 0 Å². The van der Waals surface area contributed by atoms with E-state index in [0.29, 0.717) is 21.8 Å². The van der Waals surface area contributed by atoms with E-state index >= 15 is 0 Å². The highest BCUT2D eigenvalue weighted by molar-refractivity contribution is 6.35. The molecule has 94 valence electrons. The first-order valence-corrected chi connectivity index (χ1v) is 6.12. The highest BCUT2D eigenvalue weighted by atomic mass is 35.5. The van der Waals surface area contributed by atoms with Gasteiger partial charge in [-0.25, -0.2) is 4.98 Å². The summed E-state index contributed by atoms with van der Waals surface area (Å²) in [4.78, 5) is 8.15. The van der Waals surface area contributed by atoms with Crippen molar-refractivity contribution in [2.24, 2.45) is 0 Å². The Morgan fingerprint density at radius 3 is 2.72 bits per heavy atom. The van der Waals surface area contributed by atoms with Crippen LogP contribution in [0.3, 0.4) is 0 Å². The van der Waals surface area contributed by atoms with Crippen LogP contribution in [0.15, 0.2) is 30.5 Å². The molecule has 6 heteroatoms. The molecule has 0 saturated heterocycles. The standard InChI is InChI=1S/C12H12Cl2N4/c1-7(9-3-2-8(13)6-10(9)14)17-12-16-5-4-11(15)18-12/h2-7H,1H3,(H3,15,16,17,18). The third-order valence-corrected chi connectivity index (χ3v) is 3.01. The molecule has 2 aromatic rings. The van der Waals surface area contributed by atoms with Crippen molar-refractivity contribution in [1.29, 1.82) is 0 Å². The normalized spacial score (nSPS) is 12.2. The maximum absolute atomic E-state index is 6.13. The van der Waals surface area contributed by atoms with E-state index in [2.05, 4.69) is 15.3 Å². The van der Waals surface area contributed by atoms with E-state index in [9.17, 15) is 0 Å². The minimum Gasteiger partial charge on any atom is -0.384 e. The first kappa shape index (κ1) is 12.9. The number of nitrogens with zero attached hydrogens (tertiary/aromatic N) is 2. The molecule has 1 aromatic heterocycles. The number of benzene rings is 1. The Kier molecular flexibility index (Phi) is 3.89. The zero-order valence-electron chi connectivity index (χ0n) is 9.69. The fraction of sp³-hybridized carbons (Fsp3) is 0.167. The van der Waals surface area contributed by atoms with Crippen LogP contribution in [-0.2, 0) is 0 Å². The Balaban J connectivity index is 2.19. The molecule has 2 rings (SSSR count). The van der Waals surface area contributed by atoms with Crippen molar-refractivity contribution in [2.45, 2.75) is 13.0 Å². The summed E-state index contributed by atoms with van der Waals surface area (Å²) in [5.41, 5.74) is 6.51. The summed E-state index contributed by atoms with van der Waals surface area (Å²) in [6, 6.07) is 6.95. The number of hydrogen-bond acceptors (Lipinski definition) is 4. The molecule has 0 aliphatic rings. The molecule has 0 radical (unpaired) electrons. The average Bonchev–Trinajstić information content (AvgIpc) is 2.28. The molecule has 3 N–H and O–H groups in total. The van der Waals surface area contributed by atoms with Crippen molar-refractivity contribution in [2.75, 3.05) is 11.1 Å². The molecule has 1 unspecified atom stereocenters. The maximum atomic E-state index is 6.13. The largest absolute Gasteiger partial charge is 0.384 e. The Morgan fingerprint density at radius 1 is 1.28 bits per heavy atom. The second-order valence-electron chi connectivity index (χ2n) is 3.84. The second-order valence-corrected chi connectivity index (χ2v) is 4.68. The predicted octanol–water partition coefficient (Wildman–Crippen LogP) is 3.54. The summed E-state index contributed by atoms with van der Waals surface area (Å²) in [5.74, 6) is 0.885. The Morgan fingerprint density at radius 2 is 2.06 bits per heavy atom. The molecule has 0 spiro atoms. The van der Waals surface area contributed by atoms with Crippen LogP contribution < -0.4 is 11.1 Å². The molecule has 0 aliphatic heterocycles. The van der Waals surface area contributed by atoms with Gasteiger partial charge in [0.05, 0.1) is 6.04 Å². The minimum atomic E-state index is -0.0448. The topological polar surface area (TPSA) is 63.8 Å². The molecule has 0 fully saturated rings. The molecule has 0 amide bonds. The molecule has 0 bridgehead atoms. The number of nitrogen functional groups attached to an aromatic ring is 1. The van der Waals surface area contributed by atoms with E-state index < -0.39 is 0 Å². The first-order valence-electron chi connectivity index (χ1n) is 5.36. The predicted molar refractivity (Wildman–Crippen MR) is 74.9 cm³/mol. The fourth-order valence-corrected chi connectivity index (χ4v) is 2.14. The van der Waals surface area contributed by atoms with E-state index in [-0.39, 0.29) is 6.04 Å². The molecule has 1 aromatic carbocycles. The molecular formula is C12H12Cl2N4. The summed E-state index contributed by atoms with van der Waals surface area (Å²) >= 11 is 12.0. The quantitative estimate of drug-likeness (QED) is 0.904. The van der Waals surface area contributed by atoms with Gasteiger partial charge < -0.3 is 11.1 Å². The molecule has 1 atom stereocenters. The van der Waals surface area contributed by atoms with E-state index in [1.54, 1.807) is 24.4 Å². The number of aromatic nitrogens is 2. The zero-order valence-corrected chi connectivity index (χ0v) is 11.2. The van der Waals surface area contributed by atoms with Crippen LogP contribution in [0.25, 0.3) is 0 Å². The summed E-state index contributed by atoms with van der Waals surface area (Å²) in [5, 5.41) is 4.34. The van der Waals surface area contributed by atoms with Crippen molar-refractivity contribution >= 4 is 35.0 Å². The lowest BCUT2D eigenvalue weighted by Gasteiger charge is -2.15. The molecule has 4 nitrogen and oxygen atoms in total. The summed E-state index contributed by atoms with van der Waals surface area (Å²) in [7, 11) is 0. The fourth-order valence-electron chi connectivity index (χ4n) is 1.57. The highest BCUT2D eigenvalue weighted by Gasteiger charge is 2.11. The van der Waals surface area contributed by atoms with Crippen LogP contribution in [0.4, 0.5) is 11.8 Å². The summed E-state index contributed by atoms with van der Waals surface area (Å²) < 4.78 is 0. The lowest BCUT2D eigenvalue weighted by Crippen LogP contribution is -2.10. The number of anilines is 2. The molecule has 18 heavy (non-hydrogen) atoms. The van der Waals surface area contributed by atoms with E-state index in [1.165, 1.54) is 0 Å². The first-order chi connectivity index (χ1) is 8.56. The van der Waals surface area contributed by atoms with Gasteiger partial charge in [0.2, 0.25) is 5.95 Å². The van der Waals surface area contributed by atoms with Gasteiger partial charge in [-0.05, 0) is 30.7 Å². The number of halogens is 2. The van der Waals surface area contributed by atoms with Crippen molar-refractivity contribution < 1.29 is 0 Å². The third kappa shape index (κ3) is 3.03.